The van der Waals surface area contributed by atoms with Gasteiger partial charge in [0, 0.05) is 12.3 Å². The number of carboxylic acids is 1. The van der Waals surface area contributed by atoms with E-state index in [0.717, 1.165) is 12.8 Å². The Balaban J connectivity index is 2.56. The highest BCUT2D eigenvalue weighted by molar-refractivity contribution is 7.80. The van der Waals surface area contributed by atoms with Crippen molar-refractivity contribution in [1.29, 1.82) is 0 Å². The Morgan fingerprint density at radius 1 is 1.35 bits per heavy atom. The average Bonchev–Trinajstić information content (AvgIpc) is 3.15. The number of thiol groups is 1. The Kier molecular flexibility index (Phi) is 8.57. The number of anilines is 2. The molecule has 1 aliphatic rings. The minimum Gasteiger partial charge on any atom is -0.478 e. The van der Waals surface area contributed by atoms with Crippen LogP contribution in [-0.4, -0.2) is 29.2 Å². The number of nitrogens with one attached hydrogen (secondary N) is 1. The third-order valence-electron chi connectivity index (χ3n) is 6.66. The Labute approximate surface area is 190 Å². The van der Waals surface area contributed by atoms with Gasteiger partial charge in [0.05, 0.1) is 16.9 Å². The highest BCUT2D eigenvalue weighted by Gasteiger charge is 2.32. The third-order valence-corrected chi connectivity index (χ3v) is 6.89. The topological polar surface area (TPSA) is 92.4 Å². The fourth-order valence-corrected chi connectivity index (χ4v) is 4.94. The molecule has 0 aromatic heterocycles. The van der Waals surface area contributed by atoms with E-state index in [1.54, 1.807) is 6.92 Å². The van der Waals surface area contributed by atoms with Crippen LogP contribution < -0.4 is 11.1 Å². The van der Waals surface area contributed by atoms with E-state index in [0.29, 0.717) is 34.5 Å². The molecule has 4 N–H and O–H groups in total. The van der Waals surface area contributed by atoms with Gasteiger partial charge in [-0.25, -0.2) is 9.18 Å². The first-order valence-electron chi connectivity index (χ1n) is 11.0. The van der Waals surface area contributed by atoms with Crippen LogP contribution in [-0.2, 0) is 4.79 Å². The second kappa shape index (κ2) is 10.5. The van der Waals surface area contributed by atoms with Crippen LogP contribution in [0.3, 0.4) is 0 Å². The van der Waals surface area contributed by atoms with Crippen LogP contribution in [0, 0.1) is 18.2 Å². The number of rotatable bonds is 10. The van der Waals surface area contributed by atoms with E-state index < -0.39 is 23.1 Å². The van der Waals surface area contributed by atoms with Crippen molar-refractivity contribution in [2.24, 2.45) is 5.41 Å². The van der Waals surface area contributed by atoms with Crippen LogP contribution in [0.25, 0.3) is 0 Å². The molecule has 1 aromatic rings. The molecular weight excluding hydrogens is 415 g/mol. The molecule has 0 heterocycles. The molecule has 0 saturated heterocycles. The van der Waals surface area contributed by atoms with Crippen LogP contribution in [0.1, 0.15) is 86.7 Å². The lowest BCUT2D eigenvalue weighted by atomic mass is 9.78. The summed E-state index contributed by atoms with van der Waals surface area (Å²) < 4.78 is 15.4. The predicted molar refractivity (Wildman–Crippen MR) is 128 cm³/mol. The quantitative estimate of drug-likeness (QED) is 0.0911. The fraction of sp³-hybridized carbons (Fsp3) is 0.583. The molecule has 0 aliphatic heterocycles. The second-order valence-corrected chi connectivity index (χ2v) is 9.41. The Morgan fingerprint density at radius 3 is 2.48 bits per heavy atom. The Hall–Kier alpha value is -2.02. The molecule has 1 fully saturated rings. The van der Waals surface area contributed by atoms with Crippen molar-refractivity contribution in [3.63, 3.8) is 0 Å². The molecule has 5 nitrogen and oxygen atoms in total. The number of allylic oxidation sites excluding steroid dienone is 1. The van der Waals surface area contributed by atoms with Crippen molar-refractivity contribution >= 4 is 35.8 Å². The number of ketones is 1. The summed E-state index contributed by atoms with van der Waals surface area (Å²) in [7, 11) is 0. The van der Waals surface area contributed by atoms with E-state index >= 15 is 4.39 Å². The highest BCUT2D eigenvalue weighted by atomic mass is 32.1. The molecule has 1 aliphatic carbocycles. The van der Waals surface area contributed by atoms with Crippen LogP contribution in [0.15, 0.2) is 11.6 Å². The lowest BCUT2D eigenvalue weighted by Crippen LogP contribution is -2.21. The smallest absolute Gasteiger partial charge is 0.339 e. The Bertz CT molecular complexity index is 876. The number of benzene rings is 1. The van der Waals surface area contributed by atoms with E-state index in [2.05, 4.69) is 24.9 Å². The molecule has 0 spiro atoms. The molecule has 0 bridgehead atoms. The van der Waals surface area contributed by atoms with Gasteiger partial charge in [0.2, 0.25) is 5.78 Å². The summed E-state index contributed by atoms with van der Waals surface area (Å²) in [5.74, 6) is -2.34. The van der Waals surface area contributed by atoms with Crippen molar-refractivity contribution in [2.75, 3.05) is 23.3 Å². The van der Waals surface area contributed by atoms with Crippen LogP contribution >= 0.6 is 12.6 Å². The van der Waals surface area contributed by atoms with E-state index in [9.17, 15) is 14.7 Å². The minimum atomic E-state index is -1.35. The first-order chi connectivity index (χ1) is 14.6. The lowest BCUT2D eigenvalue weighted by Gasteiger charge is -2.28. The summed E-state index contributed by atoms with van der Waals surface area (Å²) in [5.41, 5.74) is 7.07. The zero-order valence-electron chi connectivity index (χ0n) is 19.0. The molecule has 1 aromatic carbocycles. The second-order valence-electron chi connectivity index (χ2n) is 8.96. The molecule has 7 heteroatoms. The molecule has 2 rings (SSSR count). The van der Waals surface area contributed by atoms with Gasteiger partial charge in [-0.15, -0.1) is 0 Å². The number of halogens is 1. The number of hydrogen-bond donors (Lipinski definition) is 4. The zero-order valence-corrected chi connectivity index (χ0v) is 19.9. The molecule has 31 heavy (non-hydrogen) atoms. The number of carbonyl (C=O) groups excluding carboxylic acids is 1. The standard InChI is InChI=1S/C24H35FN2O3S/c1-5-16(23(29)30)22(28)18-15(3)17(21(27-12-13-31)19(25)20(18)26)14(2)8-11-24(4)9-6-7-10-24/h5,14,27,31H,6-13,26H2,1-4H3,(H,29,30)/b16-5+. The summed E-state index contributed by atoms with van der Waals surface area (Å²) in [4.78, 5) is 24.5. The van der Waals surface area contributed by atoms with E-state index in [-0.39, 0.29) is 17.2 Å². The number of carboxylic acid groups (broad SMARTS) is 1. The van der Waals surface area contributed by atoms with Gasteiger partial charge in [0.1, 0.15) is 5.57 Å². The first kappa shape index (κ1) is 25.2. The summed E-state index contributed by atoms with van der Waals surface area (Å²) in [5, 5.41) is 12.5. The van der Waals surface area contributed by atoms with Crippen LogP contribution in [0.4, 0.5) is 15.8 Å². The van der Waals surface area contributed by atoms with Crippen molar-refractivity contribution in [3.05, 3.63) is 34.2 Å². The van der Waals surface area contributed by atoms with Gasteiger partial charge < -0.3 is 16.2 Å². The summed E-state index contributed by atoms with van der Waals surface area (Å²) in [6.45, 7) is 7.98. The fourth-order valence-electron chi connectivity index (χ4n) is 4.82. The number of nitrogens with two attached hydrogens (primary N) is 1. The number of hydrogen-bond acceptors (Lipinski definition) is 5. The lowest BCUT2D eigenvalue weighted by molar-refractivity contribution is -0.132. The van der Waals surface area contributed by atoms with Crippen molar-refractivity contribution in [2.45, 2.75) is 72.1 Å². The van der Waals surface area contributed by atoms with Crippen molar-refractivity contribution in [3.8, 4) is 0 Å². The van der Waals surface area contributed by atoms with Gasteiger partial charge in [-0.05, 0) is 62.0 Å². The summed E-state index contributed by atoms with van der Waals surface area (Å²) >= 11 is 4.21. The summed E-state index contributed by atoms with van der Waals surface area (Å²) in [6, 6.07) is 0. The van der Waals surface area contributed by atoms with Crippen molar-refractivity contribution in [1.82, 2.24) is 0 Å². The van der Waals surface area contributed by atoms with E-state index in [1.165, 1.54) is 38.7 Å². The largest absolute Gasteiger partial charge is 0.478 e. The molecule has 1 unspecified atom stereocenters. The number of aliphatic carboxylic acids is 1. The van der Waals surface area contributed by atoms with Crippen LogP contribution in [0.2, 0.25) is 0 Å². The van der Waals surface area contributed by atoms with Gasteiger partial charge in [0.25, 0.3) is 0 Å². The molecule has 172 valence electrons. The maximum absolute atomic E-state index is 15.4. The summed E-state index contributed by atoms with van der Waals surface area (Å²) in [6.07, 6.45) is 7.98. The van der Waals surface area contributed by atoms with E-state index in [4.69, 9.17) is 5.73 Å². The normalized spacial score (nSPS) is 16.9. The predicted octanol–water partition coefficient (Wildman–Crippen LogP) is 5.74. The SMILES string of the molecule is C/C=C(/C(=O)O)C(=O)c1c(C)c(C(C)CCC2(C)CCCC2)c(NCCS)c(F)c1N. The number of nitrogen functional groups attached to an aromatic ring is 1. The molecule has 0 amide bonds. The molecule has 0 radical (unpaired) electrons. The van der Waals surface area contributed by atoms with Crippen molar-refractivity contribution < 1.29 is 19.1 Å². The molecule has 1 saturated carbocycles. The van der Waals surface area contributed by atoms with Gasteiger partial charge in [-0.3, -0.25) is 4.79 Å². The number of carbonyl (C=O) groups is 2. The maximum Gasteiger partial charge on any atom is 0.339 e. The molecular formula is C24H35FN2O3S. The highest BCUT2D eigenvalue weighted by Crippen LogP contribution is 2.45. The van der Waals surface area contributed by atoms with Gasteiger partial charge in [-0.2, -0.15) is 12.6 Å². The maximum atomic E-state index is 15.4. The molecule has 1 atom stereocenters. The van der Waals surface area contributed by atoms with Gasteiger partial charge >= 0.3 is 5.97 Å². The number of Topliss-reactive ketones (excluding diaryl/α,β-unsaturated/α-hetero) is 1. The van der Waals surface area contributed by atoms with Crippen LogP contribution in [0.5, 0.6) is 0 Å². The van der Waals surface area contributed by atoms with Gasteiger partial charge in [-0.1, -0.05) is 32.8 Å². The van der Waals surface area contributed by atoms with E-state index in [1.807, 2.05) is 6.92 Å². The zero-order chi connectivity index (χ0) is 23.3. The minimum absolute atomic E-state index is 0.0274. The van der Waals surface area contributed by atoms with Gasteiger partial charge in [0.15, 0.2) is 5.82 Å². The average molecular weight is 451 g/mol. The monoisotopic (exact) mass is 450 g/mol. The Morgan fingerprint density at radius 2 is 1.97 bits per heavy atom. The first-order valence-corrected chi connectivity index (χ1v) is 11.6. The third kappa shape index (κ3) is 5.43.